The average Bonchev–Trinajstić information content (AvgIpc) is 2.69. The zero-order valence-corrected chi connectivity index (χ0v) is 17.3. The lowest BCUT2D eigenvalue weighted by Crippen LogP contribution is -2.41. The Kier molecular flexibility index (Phi) is 6.50. The first-order valence-corrected chi connectivity index (χ1v) is 10.6. The van der Waals surface area contributed by atoms with Gasteiger partial charge in [-0.3, -0.25) is 14.5 Å². The molecule has 0 spiro atoms. The molecule has 3 rings (SSSR count). The van der Waals surface area contributed by atoms with Crippen LogP contribution in [0.4, 0.5) is 0 Å². The van der Waals surface area contributed by atoms with E-state index in [1.54, 1.807) is 0 Å². The quantitative estimate of drug-likeness (QED) is 0.464. The molecule has 4 heteroatoms. The predicted molar refractivity (Wildman–Crippen MR) is 114 cm³/mol. The predicted octanol–water partition coefficient (Wildman–Crippen LogP) is 5.45. The van der Waals surface area contributed by atoms with E-state index in [0.29, 0.717) is 17.7 Å². The maximum absolute atomic E-state index is 13.1. The summed E-state index contributed by atoms with van der Waals surface area (Å²) in [5.74, 6) is -0.0740. The summed E-state index contributed by atoms with van der Waals surface area (Å²) in [6.07, 6.45) is 6.76. The van der Waals surface area contributed by atoms with E-state index in [0.717, 1.165) is 35.6 Å². The number of amides is 2. The van der Waals surface area contributed by atoms with Crippen LogP contribution in [-0.4, -0.2) is 23.3 Å². The van der Waals surface area contributed by atoms with Gasteiger partial charge in [-0.15, -0.1) is 0 Å². The first kappa shape index (κ1) is 20.5. The lowest BCUT2D eigenvalue weighted by molar-refractivity contribution is 0.0607. The Morgan fingerprint density at radius 1 is 0.893 bits per heavy atom. The molecule has 0 fully saturated rings. The van der Waals surface area contributed by atoms with Crippen LogP contribution in [0.15, 0.2) is 30.3 Å². The van der Waals surface area contributed by atoms with Gasteiger partial charge in [0.15, 0.2) is 0 Å². The number of nitrogens with zero attached hydrogens (tertiary/aromatic N) is 1. The van der Waals surface area contributed by atoms with E-state index in [9.17, 15) is 9.59 Å². The van der Waals surface area contributed by atoms with Crippen LogP contribution in [0.5, 0.6) is 0 Å². The highest BCUT2D eigenvalue weighted by Crippen LogP contribution is 2.35. The maximum Gasteiger partial charge on any atom is 0.261 e. The van der Waals surface area contributed by atoms with Gasteiger partial charge in [-0.25, -0.2) is 0 Å². The van der Waals surface area contributed by atoms with Crippen LogP contribution in [0.3, 0.4) is 0 Å². The number of carbonyl (C=O) groups is 2. The van der Waals surface area contributed by atoms with Gasteiger partial charge in [0.25, 0.3) is 11.8 Å². The molecule has 0 radical (unpaired) electrons. The molecule has 4 nitrogen and oxygen atoms in total. The molecule has 1 atom stereocenters. The minimum atomic E-state index is -0.174. The number of imide groups is 1. The summed E-state index contributed by atoms with van der Waals surface area (Å²) in [5, 5.41) is 1.70. The number of carbonyl (C=O) groups excluding carboxylic acids is 2. The van der Waals surface area contributed by atoms with Crippen molar-refractivity contribution in [3.05, 3.63) is 47.0 Å². The van der Waals surface area contributed by atoms with E-state index < -0.39 is 0 Å². The molecule has 2 aromatic rings. The summed E-state index contributed by atoms with van der Waals surface area (Å²) in [6, 6.07) is 9.39. The van der Waals surface area contributed by atoms with Gasteiger partial charge in [0.1, 0.15) is 0 Å². The Bertz CT molecular complexity index is 850. The number of nitrogens with two attached hydrogens (primary N) is 1. The molecule has 2 N–H and O–H groups in total. The Hall–Kier alpha value is -2.20. The summed E-state index contributed by atoms with van der Waals surface area (Å²) >= 11 is 0. The molecular formula is C24H32N2O2. The van der Waals surface area contributed by atoms with Crippen molar-refractivity contribution >= 4 is 22.6 Å². The van der Waals surface area contributed by atoms with Crippen molar-refractivity contribution in [1.29, 1.82) is 0 Å². The molecule has 1 aliphatic heterocycles. The molecule has 0 saturated heterocycles. The molecule has 0 aromatic heterocycles. The van der Waals surface area contributed by atoms with Crippen molar-refractivity contribution < 1.29 is 9.59 Å². The topological polar surface area (TPSA) is 63.4 Å². The molecule has 28 heavy (non-hydrogen) atoms. The number of benzene rings is 2. The van der Waals surface area contributed by atoms with E-state index in [1.165, 1.54) is 24.2 Å². The first-order chi connectivity index (χ1) is 13.5. The standard InChI is InChI=1S/C24H32N2O2/c1-4-5-6-7-8-9-15-26-23(27)19-12-10-11-17-18(22(25)16(2)3)13-14-20(21(17)19)24(26)28/h10-14,16,22H,4-9,15,25H2,1-3H3. The van der Waals surface area contributed by atoms with Crippen LogP contribution in [-0.2, 0) is 0 Å². The van der Waals surface area contributed by atoms with Crippen LogP contribution < -0.4 is 5.73 Å². The fraction of sp³-hybridized carbons (Fsp3) is 0.500. The molecule has 1 unspecified atom stereocenters. The highest BCUT2D eigenvalue weighted by Gasteiger charge is 2.33. The number of hydrogen-bond acceptors (Lipinski definition) is 3. The maximum atomic E-state index is 13.1. The SMILES string of the molecule is CCCCCCCCN1C(=O)c2cccc3c(C(N)C(C)C)ccc(c23)C1=O. The van der Waals surface area contributed by atoms with Crippen molar-refractivity contribution in [2.45, 2.75) is 65.3 Å². The van der Waals surface area contributed by atoms with E-state index in [4.69, 9.17) is 5.73 Å². The molecule has 2 aromatic carbocycles. The smallest absolute Gasteiger partial charge is 0.261 e. The Labute approximate surface area is 168 Å². The van der Waals surface area contributed by atoms with Gasteiger partial charge >= 0.3 is 0 Å². The van der Waals surface area contributed by atoms with Crippen molar-refractivity contribution in [2.75, 3.05) is 6.54 Å². The summed E-state index contributed by atoms with van der Waals surface area (Å²) in [7, 11) is 0. The van der Waals surface area contributed by atoms with Gasteiger partial charge in [-0.1, -0.05) is 71.1 Å². The van der Waals surface area contributed by atoms with Crippen LogP contribution in [0.25, 0.3) is 10.8 Å². The molecule has 1 heterocycles. The zero-order valence-electron chi connectivity index (χ0n) is 17.3. The summed E-state index contributed by atoms with van der Waals surface area (Å²) < 4.78 is 0. The Morgan fingerprint density at radius 3 is 2.21 bits per heavy atom. The van der Waals surface area contributed by atoms with E-state index in [2.05, 4.69) is 20.8 Å². The fourth-order valence-corrected chi connectivity index (χ4v) is 4.07. The molecule has 0 aliphatic carbocycles. The van der Waals surface area contributed by atoms with Gasteiger partial charge < -0.3 is 5.73 Å². The highest BCUT2D eigenvalue weighted by molar-refractivity contribution is 6.25. The van der Waals surface area contributed by atoms with Crippen molar-refractivity contribution in [2.24, 2.45) is 11.7 Å². The van der Waals surface area contributed by atoms with Crippen LogP contribution in [0.1, 0.15) is 91.6 Å². The second-order valence-corrected chi connectivity index (χ2v) is 8.23. The fourth-order valence-electron chi connectivity index (χ4n) is 4.07. The Balaban J connectivity index is 1.88. The zero-order chi connectivity index (χ0) is 20.3. The van der Waals surface area contributed by atoms with Gasteiger partial charge in [-0.2, -0.15) is 0 Å². The van der Waals surface area contributed by atoms with Gasteiger partial charge in [0.05, 0.1) is 0 Å². The van der Waals surface area contributed by atoms with Crippen LogP contribution in [0, 0.1) is 5.92 Å². The van der Waals surface area contributed by atoms with Crippen molar-refractivity contribution in [3.63, 3.8) is 0 Å². The van der Waals surface area contributed by atoms with Gasteiger partial charge in [0, 0.05) is 29.1 Å². The van der Waals surface area contributed by atoms with Gasteiger partial charge in [0.2, 0.25) is 0 Å². The van der Waals surface area contributed by atoms with Crippen molar-refractivity contribution in [1.82, 2.24) is 4.90 Å². The third kappa shape index (κ3) is 3.83. The second kappa shape index (κ2) is 8.87. The molecule has 150 valence electrons. The number of unbranched alkanes of at least 4 members (excludes halogenated alkanes) is 5. The Morgan fingerprint density at radius 2 is 1.54 bits per heavy atom. The minimum absolute atomic E-state index is 0.129. The molecule has 2 amide bonds. The largest absolute Gasteiger partial charge is 0.324 e. The minimum Gasteiger partial charge on any atom is -0.324 e. The van der Waals surface area contributed by atoms with Crippen LogP contribution >= 0.6 is 0 Å². The lowest BCUT2D eigenvalue weighted by Gasteiger charge is -2.29. The normalized spacial score (nSPS) is 15.0. The monoisotopic (exact) mass is 380 g/mol. The third-order valence-corrected chi connectivity index (χ3v) is 5.84. The van der Waals surface area contributed by atoms with E-state index in [-0.39, 0.29) is 23.8 Å². The second-order valence-electron chi connectivity index (χ2n) is 8.23. The van der Waals surface area contributed by atoms with E-state index in [1.807, 2.05) is 30.3 Å². The number of hydrogen-bond donors (Lipinski definition) is 1. The molecule has 0 saturated carbocycles. The highest BCUT2D eigenvalue weighted by atomic mass is 16.2. The van der Waals surface area contributed by atoms with Crippen molar-refractivity contribution in [3.8, 4) is 0 Å². The number of rotatable bonds is 9. The van der Waals surface area contributed by atoms with E-state index >= 15 is 0 Å². The molecule has 1 aliphatic rings. The summed E-state index contributed by atoms with van der Waals surface area (Å²) in [5.41, 5.74) is 8.64. The summed E-state index contributed by atoms with van der Waals surface area (Å²) in [4.78, 5) is 27.6. The molecular weight excluding hydrogens is 348 g/mol. The third-order valence-electron chi connectivity index (χ3n) is 5.84. The summed E-state index contributed by atoms with van der Waals surface area (Å²) in [6.45, 7) is 6.85. The van der Waals surface area contributed by atoms with Crippen LogP contribution in [0.2, 0.25) is 0 Å². The molecule has 0 bridgehead atoms. The average molecular weight is 381 g/mol. The first-order valence-electron chi connectivity index (χ1n) is 10.6. The van der Waals surface area contributed by atoms with Gasteiger partial charge in [-0.05, 0) is 35.4 Å². The lowest BCUT2D eigenvalue weighted by atomic mass is 9.86.